The van der Waals surface area contributed by atoms with Gasteiger partial charge in [-0.05, 0) is 0 Å². The predicted molar refractivity (Wildman–Crippen MR) is 41.4 cm³/mol. The molecule has 0 bridgehead atoms. The summed E-state index contributed by atoms with van der Waals surface area (Å²) in [5.74, 6) is 0.667. The zero-order valence-electron chi connectivity index (χ0n) is 6.07. The molecule has 0 aliphatic carbocycles. The van der Waals surface area contributed by atoms with Gasteiger partial charge in [0.25, 0.3) is 5.69 Å². The molecule has 2 rings (SSSR count). The quantitative estimate of drug-likeness (QED) is 0.466. The van der Waals surface area contributed by atoms with Crippen LogP contribution in [0.5, 0.6) is 0 Å². The Hall–Kier alpha value is -1.69. The van der Waals surface area contributed by atoms with Crippen LogP contribution in [0.15, 0.2) is 12.3 Å². The molecule has 2 heterocycles. The molecule has 0 saturated carbocycles. The lowest BCUT2D eigenvalue weighted by Crippen LogP contribution is -2.11. The van der Waals surface area contributed by atoms with E-state index in [1.54, 1.807) is 0 Å². The van der Waals surface area contributed by atoms with Gasteiger partial charge in [-0.3, -0.25) is 10.1 Å². The predicted octanol–water partition coefficient (Wildman–Crippen LogP) is 0.420. The van der Waals surface area contributed by atoms with Crippen LogP contribution in [0.1, 0.15) is 5.56 Å². The third-order valence-corrected chi connectivity index (χ3v) is 1.65. The van der Waals surface area contributed by atoms with E-state index in [1.807, 2.05) is 0 Å². The molecular weight excluding hydrogens is 160 g/mol. The van der Waals surface area contributed by atoms with Crippen LogP contribution in [-0.2, 0) is 6.54 Å². The first kappa shape index (κ1) is 6.99. The van der Waals surface area contributed by atoms with Gasteiger partial charge in [0, 0.05) is 18.2 Å². The van der Waals surface area contributed by atoms with Gasteiger partial charge in [-0.15, -0.1) is 0 Å². The summed E-state index contributed by atoms with van der Waals surface area (Å²) in [6.07, 6.45) is 1.23. The summed E-state index contributed by atoms with van der Waals surface area (Å²) in [7, 11) is 0. The van der Waals surface area contributed by atoms with Crippen molar-refractivity contribution in [1.82, 2.24) is 10.4 Å². The lowest BCUT2D eigenvalue weighted by atomic mass is 10.2. The number of nitrogens with one attached hydrogen (secondary N) is 2. The Morgan fingerprint density at radius 2 is 2.50 bits per heavy atom. The number of anilines is 1. The zero-order chi connectivity index (χ0) is 8.55. The van der Waals surface area contributed by atoms with E-state index in [4.69, 9.17) is 0 Å². The molecule has 0 spiro atoms. The van der Waals surface area contributed by atoms with Crippen LogP contribution < -0.4 is 10.9 Å². The Bertz CT molecular complexity index is 338. The first-order valence-corrected chi connectivity index (χ1v) is 3.39. The van der Waals surface area contributed by atoms with Gasteiger partial charge >= 0.3 is 0 Å². The van der Waals surface area contributed by atoms with Crippen molar-refractivity contribution in [2.75, 3.05) is 5.43 Å². The summed E-state index contributed by atoms with van der Waals surface area (Å²) in [6, 6.07) is 1.51. The lowest BCUT2D eigenvalue weighted by molar-refractivity contribution is -0.385. The van der Waals surface area contributed by atoms with E-state index in [9.17, 15) is 10.1 Å². The molecule has 0 fully saturated rings. The van der Waals surface area contributed by atoms with E-state index in [2.05, 4.69) is 15.8 Å². The Kier molecular flexibility index (Phi) is 1.41. The topological polar surface area (TPSA) is 80.1 Å². The summed E-state index contributed by atoms with van der Waals surface area (Å²) in [4.78, 5) is 13.7. The molecule has 6 heteroatoms. The maximum absolute atomic E-state index is 10.3. The maximum atomic E-state index is 10.3. The molecule has 2 N–H and O–H groups in total. The monoisotopic (exact) mass is 166 g/mol. The number of aromatic nitrogens is 1. The standard InChI is InChI=1S/C6H6N4O2/c11-10(12)5-1-4-2-8-9-6(4)7-3-5/h1,3,8H,2H2,(H,7,9). The van der Waals surface area contributed by atoms with Gasteiger partial charge in [0.05, 0.1) is 4.92 Å². The van der Waals surface area contributed by atoms with Crippen LogP contribution in [0.2, 0.25) is 0 Å². The number of hydrogen-bond acceptors (Lipinski definition) is 5. The van der Waals surface area contributed by atoms with Crippen LogP contribution >= 0.6 is 0 Å². The summed E-state index contributed by atoms with van der Waals surface area (Å²) >= 11 is 0. The van der Waals surface area contributed by atoms with Gasteiger partial charge in [-0.1, -0.05) is 0 Å². The zero-order valence-corrected chi connectivity index (χ0v) is 6.07. The van der Waals surface area contributed by atoms with Gasteiger partial charge in [-0.25, -0.2) is 10.4 Å². The second-order valence-electron chi connectivity index (χ2n) is 2.44. The number of nitrogens with zero attached hydrogens (tertiary/aromatic N) is 2. The van der Waals surface area contributed by atoms with E-state index in [0.717, 1.165) is 5.56 Å². The molecule has 0 radical (unpaired) electrons. The van der Waals surface area contributed by atoms with Crippen LogP contribution in [0, 0.1) is 10.1 Å². The normalized spacial score (nSPS) is 13.7. The third kappa shape index (κ3) is 0.978. The Labute approximate surface area is 67.7 Å². The van der Waals surface area contributed by atoms with Crippen molar-refractivity contribution < 1.29 is 4.92 Å². The molecule has 1 aliphatic rings. The molecule has 0 aromatic carbocycles. The summed E-state index contributed by atoms with van der Waals surface area (Å²) in [5.41, 5.74) is 6.45. The fourth-order valence-corrected chi connectivity index (χ4v) is 1.07. The van der Waals surface area contributed by atoms with Crippen molar-refractivity contribution in [3.05, 3.63) is 27.9 Å². The van der Waals surface area contributed by atoms with Crippen LogP contribution in [0.4, 0.5) is 11.5 Å². The lowest BCUT2D eigenvalue weighted by Gasteiger charge is -1.95. The van der Waals surface area contributed by atoms with E-state index < -0.39 is 4.92 Å². The van der Waals surface area contributed by atoms with Crippen LogP contribution in [0.25, 0.3) is 0 Å². The number of hydrazine groups is 1. The SMILES string of the molecule is O=[N+]([O-])c1cnc2c(c1)CNN2. The van der Waals surface area contributed by atoms with Crippen molar-refractivity contribution in [1.29, 1.82) is 0 Å². The smallest absolute Gasteiger partial charge is 0.288 e. The van der Waals surface area contributed by atoms with Crippen LogP contribution in [0.3, 0.4) is 0 Å². The molecule has 62 valence electrons. The third-order valence-electron chi connectivity index (χ3n) is 1.65. The van der Waals surface area contributed by atoms with E-state index >= 15 is 0 Å². The largest absolute Gasteiger partial charge is 0.305 e. The summed E-state index contributed by atoms with van der Waals surface area (Å²) in [6.45, 7) is 0.573. The Balaban J connectivity index is 2.45. The minimum absolute atomic E-state index is 0.0271. The first-order valence-electron chi connectivity index (χ1n) is 3.39. The average molecular weight is 166 g/mol. The molecule has 0 saturated heterocycles. The van der Waals surface area contributed by atoms with E-state index in [1.165, 1.54) is 12.3 Å². The molecule has 0 unspecified atom stereocenters. The molecule has 1 aromatic heterocycles. The number of pyridine rings is 1. The number of fused-ring (bicyclic) bond motifs is 1. The van der Waals surface area contributed by atoms with Gasteiger partial charge < -0.3 is 5.43 Å². The van der Waals surface area contributed by atoms with Crippen molar-refractivity contribution in [3.8, 4) is 0 Å². The Morgan fingerprint density at radius 1 is 1.67 bits per heavy atom. The highest BCUT2D eigenvalue weighted by atomic mass is 16.6. The van der Waals surface area contributed by atoms with Gasteiger partial charge in [0.1, 0.15) is 12.0 Å². The fourth-order valence-electron chi connectivity index (χ4n) is 1.07. The maximum Gasteiger partial charge on any atom is 0.288 e. The van der Waals surface area contributed by atoms with Gasteiger partial charge in [0.2, 0.25) is 0 Å². The molecule has 6 nitrogen and oxygen atoms in total. The van der Waals surface area contributed by atoms with Crippen molar-refractivity contribution in [2.45, 2.75) is 6.54 Å². The van der Waals surface area contributed by atoms with Crippen molar-refractivity contribution in [3.63, 3.8) is 0 Å². The minimum atomic E-state index is -0.453. The average Bonchev–Trinajstić information content (AvgIpc) is 2.49. The highest BCUT2D eigenvalue weighted by molar-refractivity contribution is 5.51. The van der Waals surface area contributed by atoms with E-state index in [0.29, 0.717) is 12.4 Å². The Morgan fingerprint density at radius 3 is 3.25 bits per heavy atom. The number of nitro groups is 1. The fraction of sp³-hybridized carbons (Fsp3) is 0.167. The summed E-state index contributed by atoms with van der Waals surface area (Å²) in [5, 5.41) is 10.3. The highest BCUT2D eigenvalue weighted by Gasteiger charge is 2.15. The van der Waals surface area contributed by atoms with Crippen molar-refractivity contribution >= 4 is 11.5 Å². The second-order valence-corrected chi connectivity index (χ2v) is 2.44. The molecule has 0 amide bonds. The molecule has 12 heavy (non-hydrogen) atoms. The second kappa shape index (κ2) is 2.42. The number of hydrogen-bond donors (Lipinski definition) is 2. The highest BCUT2D eigenvalue weighted by Crippen LogP contribution is 2.21. The van der Waals surface area contributed by atoms with E-state index in [-0.39, 0.29) is 5.69 Å². The molecular formula is C6H6N4O2. The summed E-state index contributed by atoms with van der Waals surface area (Å²) < 4.78 is 0. The molecule has 1 aromatic rings. The van der Waals surface area contributed by atoms with Crippen molar-refractivity contribution in [2.24, 2.45) is 0 Å². The van der Waals surface area contributed by atoms with Gasteiger partial charge in [0.15, 0.2) is 0 Å². The molecule has 0 atom stereocenters. The van der Waals surface area contributed by atoms with Gasteiger partial charge in [-0.2, -0.15) is 0 Å². The minimum Gasteiger partial charge on any atom is -0.305 e. The van der Waals surface area contributed by atoms with Crippen LogP contribution in [-0.4, -0.2) is 9.91 Å². The number of rotatable bonds is 1. The first-order chi connectivity index (χ1) is 5.77. The molecule has 1 aliphatic heterocycles.